The van der Waals surface area contributed by atoms with E-state index in [0.717, 1.165) is 136 Å². The number of hydrogen-bond donors (Lipinski definition) is 0. The van der Waals surface area contributed by atoms with Crippen LogP contribution in [-0.2, 0) is 51.7 Å². The number of halogens is 7. The van der Waals surface area contributed by atoms with E-state index in [0.29, 0.717) is 0 Å². The summed E-state index contributed by atoms with van der Waals surface area (Å²) in [6, 6.07) is 56.6. The van der Waals surface area contributed by atoms with Crippen LogP contribution >= 0.6 is 67.8 Å². The van der Waals surface area contributed by atoms with Crippen LogP contribution in [0.1, 0.15) is 153 Å². The summed E-state index contributed by atoms with van der Waals surface area (Å²) < 4.78 is 55.7. The van der Waals surface area contributed by atoms with Gasteiger partial charge in [-0.25, -0.2) is 17.6 Å². The molecular formula is C82H107F4I3N4. The van der Waals surface area contributed by atoms with Crippen LogP contribution in [0.25, 0.3) is 0 Å². The van der Waals surface area contributed by atoms with Gasteiger partial charge < -0.3 is 4.90 Å². The topological polar surface area (TPSA) is 13.0 Å². The van der Waals surface area contributed by atoms with E-state index in [2.05, 4.69) is 222 Å². The summed E-state index contributed by atoms with van der Waals surface area (Å²) in [6.45, 7) is 30.5. The Morgan fingerprint density at radius 3 is 0.817 bits per heavy atom. The standard InChI is InChI=1S/C21H27FIN.2C20H25FIN.C20H26FN.CH4/c1-3-13-24(14-4-5-18-8-10-20(22)11-9-18)15-12-19-7-6-17(2)21(23)16-19;2*1-3-12-23(15-18-7-6-16(2)20(22)14-18)13-4-5-17-8-10-19(21)11-9-17;1-3-14-22(16-19-8-6-17(2)7-9-19)15-4-5-18-10-12-20(21)13-11-18;/h6-11,16H,3-5,12-15H2,1-2H3;2*6-11,14H,3-5,12-13,15H2,1-2H3;6-13H,3-5,14-16H2,1-2H3;1H4. The molecule has 93 heavy (non-hydrogen) atoms. The lowest BCUT2D eigenvalue weighted by atomic mass is 10.1. The third kappa shape index (κ3) is 33.8. The zero-order chi connectivity index (χ0) is 66.5. The Morgan fingerprint density at radius 1 is 0.269 bits per heavy atom. The first-order valence-corrected chi connectivity index (χ1v) is 36.8. The summed E-state index contributed by atoms with van der Waals surface area (Å²) in [5.74, 6) is -0.625. The van der Waals surface area contributed by atoms with Crippen molar-refractivity contribution in [2.45, 2.75) is 166 Å². The third-order valence-electron chi connectivity index (χ3n) is 16.3. The first kappa shape index (κ1) is 80.9. The zero-order valence-electron chi connectivity index (χ0n) is 56.4. The number of rotatable bonds is 33. The van der Waals surface area contributed by atoms with Crippen LogP contribution in [0.4, 0.5) is 17.6 Å². The average molecular weight is 1610 g/mol. The molecule has 0 heterocycles. The largest absolute Gasteiger partial charge is 0.303 e. The zero-order valence-corrected chi connectivity index (χ0v) is 62.8. The van der Waals surface area contributed by atoms with Gasteiger partial charge >= 0.3 is 0 Å². The fraction of sp³-hybridized carbons (Fsp3) is 0.415. The molecule has 0 aromatic heterocycles. The minimum atomic E-state index is -0.157. The van der Waals surface area contributed by atoms with Crippen LogP contribution in [0, 0.1) is 61.7 Å². The van der Waals surface area contributed by atoms with Crippen LogP contribution < -0.4 is 0 Å². The molecule has 8 aromatic rings. The fourth-order valence-corrected chi connectivity index (χ4v) is 12.8. The van der Waals surface area contributed by atoms with Crippen molar-refractivity contribution in [3.8, 4) is 0 Å². The van der Waals surface area contributed by atoms with E-state index in [9.17, 15) is 17.6 Å². The van der Waals surface area contributed by atoms with Gasteiger partial charge in [0.25, 0.3) is 0 Å². The van der Waals surface area contributed by atoms with Crippen molar-refractivity contribution in [3.05, 3.63) is 277 Å². The molecule has 504 valence electrons. The lowest BCUT2D eigenvalue weighted by Gasteiger charge is -2.22. The highest BCUT2D eigenvalue weighted by atomic mass is 127. The number of benzene rings is 8. The molecule has 0 aliphatic rings. The lowest BCUT2D eigenvalue weighted by Crippen LogP contribution is -2.28. The van der Waals surface area contributed by atoms with E-state index in [4.69, 9.17) is 0 Å². The first-order valence-electron chi connectivity index (χ1n) is 33.6. The molecule has 0 aliphatic carbocycles. The van der Waals surface area contributed by atoms with Crippen molar-refractivity contribution in [1.29, 1.82) is 0 Å². The van der Waals surface area contributed by atoms with E-state index < -0.39 is 0 Å². The summed E-state index contributed by atoms with van der Waals surface area (Å²) in [6.07, 6.45) is 14.3. The molecule has 0 radical (unpaired) electrons. The van der Waals surface area contributed by atoms with Crippen LogP contribution in [0.5, 0.6) is 0 Å². The maximum Gasteiger partial charge on any atom is 0.123 e. The molecule has 0 saturated carbocycles. The molecule has 0 bridgehead atoms. The molecule has 8 aromatic carbocycles. The monoisotopic (exact) mass is 1600 g/mol. The molecule has 0 unspecified atom stereocenters. The van der Waals surface area contributed by atoms with Crippen molar-refractivity contribution in [2.24, 2.45) is 0 Å². The van der Waals surface area contributed by atoms with E-state index in [1.165, 1.54) is 103 Å². The van der Waals surface area contributed by atoms with E-state index in [-0.39, 0.29) is 30.7 Å². The molecule has 0 aliphatic heterocycles. The predicted molar refractivity (Wildman–Crippen MR) is 416 cm³/mol. The summed E-state index contributed by atoms with van der Waals surface area (Å²) in [5.41, 5.74) is 15.8. The molecule has 0 amide bonds. The highest BCUT2D eigenvalue weighted by Crippen LogP contribution is 2.20. The summed E-state index contributed by atoms with van der Waals surface area (Å²) in [7, 11) is 0. The smallest absolute Gasteiger partial charge is 0.123 e. The van der Waals surface area contributed by atoms with Gasteiger partial charge in [0.2, 0.25) is 0 Å². The highest BCUT2D eigenvalue weighted by Gasteiger charge is 2.11. The van der Waals surface area contributed by atoms with Crippen molar-refractivity contribution in [2.75, 3.05) is 58.9 Å². The van der Waals surface area contributed by atoms with E-state index in [1.807, 2.05) is 48.5 Å². The van der Waals surface area contributed by atoms with E-state index in [1.54, 1.807) is 48.5 Å². The van der Waals surface area contributed by atoms with Gasteiger partial charge in [0, 0.05) is 36.9 Å². The van der Waals surface area contributed by atoms with Crippen LogP contribution in [0.15, 0.2) is 176 Å². The van der Waals surface area contributed by atoms with Gasteiger partial charge in [-0.15, -0.1) is 0 Å². The van der Waals surface area contributed by atoms with Crippen LogP contribution in [-0.4, -0.2) is 78.5 Å². The van der Waals surface area contributed by atoms with Crippen molar-refractivity contribution in [1.82, 2.24) is 19.6 Å². The van der Waals surface area contributed by atoms with Crippen molar-refractivity contribution >= 4 is 67.8 Å². The second-order valence-corrected chi connectivity index (χ2v) is 28.1. The summed E-state index contributed by atoms with van der Waals surface area (Å²) in [4.78, 5) is 10.1. The van der Waals surface area contributed by atoms with Crippen LogP contribution in [0.2, 0.25) is 0 Å². The Morgan fingerprint density at radius 2 is 0.516 bits per heavy atom. The number of hydrogen-bond acceptors (Lipinski definition) is 4. The minimum absolute atomic E-state index is 0. The lowest BCUT2D eigenvalue weighted by molar-refractivity contribution is 0.262. The number of aryl methyl sites for hydroxylation is 8. The molecule has 0 saturated heterocycles. The van der Waals surface area contributed by atoms with Crippen LogP contribution in [0.3, 0.4) is 0 Å². The molecule has 0 N–H and O–H groups in total. The van der Waals surface area contributed by atoms with Gasteiger partial charge in [0.1, 0.15) is 23.3 Å². The average Bonchev–Trinajstić information content (AvgIpc) is 2.35. The third-order valence-corrected chi connectivity index (χ3v) is 19.8. The SMILES string of the molecule is C.CCCN(CCCc1ccc(F)cc1)CCc1ccc(C)c(I)c1.CCCN(CCCc1ccc(F)cc1)Cc1ccc(C)c(I)c1.CCCN(CCCc1ccc(F)cc1)Cc1ccc(C)c(I)c1.CCCN(CCCc1ccc(F)cc1)Cc1ccc(C)cc1. The Hall–Kier alpha value is -4.49. The molecule has 8 rings (SSSR count). The first-order chi connectivity index (χ1) is 44.4. The molecule has 4 nitrogen and oxygen atoms in total. The summed E-state index contributed by atoms with van der Waals surface area (Å²) >= 11 is 7.23. The Labute approximate surface area is 601 Å². The Balaban J connectivity index is 0.000000263. The maximum absolute atomic E-state index is 12.9. The van der Waals surface area contributed by atoms with Gasteiger partial charge in [0.15, 0.2) is 0 Å². The van der Waals surface area contributed by atoms with Gasteiger partial charge in [-0.2, -0.15) is 0 Å². The van der Waals surface area contributed by atoms with Gasteiger partial charge in [-0.05, 0) is 359 Å². The van der Waals surface area contributed by atoms with Gasteiger partial charge in [-0.1, -0.05) is 150 Å². The summed E-state index contributed by atoms with van der Waals surface area (Å²) in [5, 5.41) is 0. The predicted octanol–water partition coefficient (Wildman–Crippen LogP) is 22.4. The molecule has 11 heteroatoms. The van der Waals surface area contributed by atoms with Crippen molar-refractivity contribution in [3.63, 3.8) is 0 Å². The minimum Gasteiger partial charge on any atom is -0.303 e. The van der Waals surface area contributed by atoms with Gasteiger partial charge in [0.05, 0.1) is 0 Å². The molecule has 0 atom stereocenters. The second-order valence-electron chi connectivity index (χ2n) is 24.6. The normalized spacial score (nSPS) is 11.0. The fourth-order valence-electron chi connectivity index (χ4n) is 11.1. The Kier molecular flexibility index (Phi) is 40.6. The quantitative estimate of drug-likeness (QED) is 0.0300. The number of nitrogens with zero attached hydrogens (tertiary/aromatic N) is 4. The Bertz CT molecular complexity index is 3160. The highest BCUT2D eigenvalue weighted by molar-refractivity contribution is 14.1. The maximum atomic E-state index is 12.9. The molecular weight excluding hydrogens is 1500 g/mol. The van der Waals surface area contributed by atoms with E-state index >= 15 is 0 Å². The second kappa shape index (κ2) is 46.6. The van der Waals surface area contributed by atoms with Gasteiger partial charge in [-0.3, -0.25) is 14.7 Å². The van der Waals surface area contributed by atoms with Crippen molar-refractivity contribution < 1.29 is 17.6 Å². The molecule has 0 spiro atoms. The molecule has 0 fully saturated rings.